The molecule has 0 aliphatic rings. The zero-order valence-corrected chi connectivity index (χ0v) is 17.9. The Kier molecular flexibility index (Phi) is 5.45. The molecule has 2 heterocycles. The van der Waals surface area contributed by atoms with Crippen LogP contribution in [-0.2, 0) is 0 Å². The lowest BCUT2D eigenvalue weighted by atomic mass is 10.2. The lowest BCUT2D eigenvalue weighted by Crippen LogP contribution is -2.39. The van der Waals surface area contributed by atoms with E-state index in [1.807, 2.05) is 24.3 Å². The molecule has 3 aromatic carbocycles. The first-order chi connectivity index (χ1) is 16.1. The number of aromatic nitrogens is 4. The fourth-order valence-corrected chi connectivity index (χ4v) is 4.32. The van der Waals surface area contributed by atoms with Crippen molar-refractivity contribution < 1.29 is 19.1 Å². The summed E-state index contributed by atoms with van der Waals surface area (Å²) in [6.45, 7) is 0. The lowest BCUT2D eigenvalue weighted by Gasteiger charge is -2.12. The van der Waals surface area contributed by atoms with Gasteiger partial charge in [0.1, 0.15) is 0 Å². The van der Waals surface area contributed by atoms with E-state index in [1.165, 1.54) is 9.25 Å². The smallest absolute Gasteiger partial charge is 0.307 e. The highest BCUT2D eigenvalue weighted by Crippen LogP contribution is 2.23. The molecule has 5 aromatic rings. The number of ketones is 1. The minimum absolute atomic E-state index is 0.138. The normalized spacial score (nSPS) is 11.0. The van der Waals surface area contributed by atoms with Gasteiger partial charge in [-0.2, -0.15) is 0 Å². The van der Waals surface area contributed by atoms with Crippen LogP contribution in [0, 0.1) is 0 Å². The molecule has 2 aromatic heterocycles. The molecule has 0 saturated heterocycles. The van der Waals surface area contributed by atoms with Gasteiger partial charge in [-0.1, -0.05) is 60.3 Å². The Hall–Kier alpha value is -4.24. The summed E-state index contributed by atoms with van der Waals surface area (Å²) in [6, 6.07) is 24.9. The molecule has 0 aliphatic carbocycles. The van der Waals surface area contributed by atoms with E-state index >= 15 is 0 Å². The van der Waals surface area contributed by atoms with E-state index in [0.29, 0.717) is 27.4 Å². The average molecular weight is 456 g/mol. The minimum atomic E-state index is -0.823. The highest BCUT2D eigenvalue weighted by Gasteiger charge is 2.28. The predicted molar refractivity (Wildman–Crippen MR) is 120 cm³/mol. The first kappa shape index (κ1) is 20.7. The van der Waals surface area contributed by atoms with Crippen LogP contribution >= 0.6 is 11.8 Å². The van der Waals surface area contributed by atoms with E-state index in [4.69, 9.17) is 4.52 Å². The summed E-state index contributed by atoms with van der Waals surface area (Å²) >= 11 is 1.07. The zero-order valence-electron chi connectivity index (χ0n) is 17.1. The maximum Gasteiger partial charge on any atom is 0.307 e. The number of para-hydroxylation sites is 3. The Morgan fingerprint density at radius 1 is 0.970 bits per heavy atom. The largest absolute Gasteiger partial charge is 0.539 e. The maximum absolute atomic E-state index is 13.3. The van der Waals surface area contributed by atoms with E-state index < -0.39 is 11.7 Å². The molecular weight excluding hydrogens is 440 g/mol. The molecule has 0 bridgehead atoms. The highest BCUT2D eigenvalue weighted by molar-refractivity contribution is 7.99. The molecule has 0 saturated carbocycles. The number of thioether (sulfide) groups is 1. The number of benzene rings is 3. The van der Waals surface area contributed by atoms with Crippen LogP contribution in [0.3, 0.4) is 0 Å². The Labute approximate surface area is 191 Å². The topological polar surface area (TPSA) is 105 Å². The van der Waals surface area contributed by atoms with Gasteiger partial charge in [-0.15, -0.1) is 0 Å². The number of Topliss-reactive ketones (excluding diaryl/α,β-unsaturated/α-hetero) is 1. The molecule has 0 unspecified atom stereocenters. The van der Waals surface area contributed by atoms with Crippen molar-refractivity contribution in [1.29, 1.82) is 0 Å². The van der Waals surface area contributed by atoms with Crippen molar-refractivity contribution in [2.75, 3.05) is 5.75 Å². The van der Waals surface area contributed by atoms with Crippen molar-refractivity contribution >= 4 is 28.4 Å². The molecular formula is C24H16N4O4S. The van der Waals surface area contributed by atoms with Crippen LogP contribution in [0.4, 0.5) is 0 Å². The van der Waals surface area contributed by atoms with Crippen LogP contribution in [0.1, 0.15) is 10.5 Å². The van der Waals surface area contributed by atoms with Crippen molar-refractivity contribution in [2.24, 2.45) is 0 Å². The average Bonchev–Trinajstić information content (AvgIpc) is 3.25. The molecule has 33 heavy (non-hydrogen) atoms. The third kappa shape index (κ3) is 3.90. The maximum atomic E-state index is 13.3. The molecule has 0 radical (unpaired) electrons. The van der Waals surface area contributed by atoms with Gasteiger partial charge in [0.2, 0.25) is 11.5 Å². The summed E-state index contributed by atoms with van der Waals surface area (Å²) in [6.07, 6.45) is 0. The number of nitrogens with zero attached hydrogens (tertiary/aromatic N) is 4. The van der Waals surface area contributed by atoms with Crippen LogP contribution in [0.2, 0.25) is 0 Å². The fraction of sp³-hybridized carbons (Fsp3) is 0.0417. The van der Waals surface area contributed by atoms with Gasteiger partial charge in [0.15, 0.2) is 11.1 Å². The quantitative estimate of drug-likeness (QED) is 0.167. The number of hydrogen-bond acceptors (Lipinski definition) is 7. The molecule has 9 heteroatoms. The molecule has 0 fully saturated rings. The van der Waals surface area contributed by atoms with Crippen molar-refractivity contribution in [3.8, 4) is 17.3 Å². The molecule has 8 nitrogen and oxygen atoms in total. The van der Waals surface area contributed by atoms with Crippen LogP contribution in [0.25, 0.3) is 22.3 Å². The summed E-state index contributed by atoms with van der Waals surface area (Å²) in [5, 5.41) is 16.8. The Morgan fingerprint density at radius 3 is 2.39 bits per heavy atom. The monoisotopic (exact) mass is 456 g/mol. The van der Waals surface area contributed by atoms with E-state index in [-0.39, 0.29) is 17.0 Å². The number of carbonyl (C=O) groups is 1. The first-order valence-corrected chi connectivity index (χ1v) is 11.0. The lowest BCUT2D eigenvalue weighted by molar-refractivity contribution is -0.672. The number of rotatable bonds is 6. The third-order valence-corrected chi connectivity index (χ3v) is 5.91. The van der Waals surface area contributed by atoms with Gasteiger partial charge in [-0.05, 0) is 28.9 Å². The molecule has 0 spiro atoms. The van der Waals surface area contributed by atoms with Crippen LogP contribution in [0.5, 0.6) is 5.95 Å². The molecule has 0 amide bonds. The standard InChI is InChI=1S/C24H16N4O4S/c29-20(21-23(31)32-26-28(21)17-11-5-2-6-12-17)15-33-24-25-19-14-8-7-13-18(19)22(30)27(24)16-9-3-1-4-10-16/h1-14H,15H2. The van der Waals surface area contributed by atoms with Crippen LogP contribution in [0.15, 0.2) is 99.4 Å². The molecule has 0 atom stereocenters. The summed E-state index contributed by atoms with van der Waals surface area (Å²) in [5.41, 5.74) is 1.25. The second kappa shape index (κ2) is 8.71. The summed E-state index contributed by atoms with van der Waals surface area (Å²) < 4.78 is 7.40. The summed E-state index contributed by atoms with van der Waals surface area (Å²) in [7, 11) is 0. The van der Waals surface area contributed by atoms with Crippen molar-refractivity contribution in [1.82, 2.24) is 14.8 Å². The summed E-state index contributed by atoms with van der Waals surface area (Å²) in [5.74, 6) is -1.45. The highest BCUT2D eigenvalue weighted by atomic mass is 32.2. The SMILES string of the molecule is O=C(CSc1nc2ccccc2c(=O)n1-c1ccccc1)c1c([O-])on[n+]1-c1ccccc1. The van der Waals surface area contributed by atoms with Gasteiger partial charge < -0.3 is 9.63 Å². The number of fused-ring (bicyclic) bond motifs is 1. The Balaban J connectivity index is 1.53. The van der Waals surface area contributed by atoms with Gasteiger partial charge >= 0.3 is 5.69 Å². The molecule has 162 valence electrons. The Bertz CT molecular complexity index is 1510. The summed E-state index contributed by atoms with van der Waals surface area (Å²) in [4.78, 5) is 30.9. The van der Waals surface area contributed by atoms with Crippen LogP contribution in [-0.4, -0.2) is 26.4 Å². The van der Waals surface area contributed by atoms with E-state index in [1.54, 1.807) is 60.7 Å². The van der Waals surface area contributed by atoms with Crippen LogP contribution < -0.4 is 15.3 Å². The van der Waals surface area contributed by atoms with Gasteiger partial charge in [0.25, 0.3) is 5.56 Å². The van der Waals surface area contributed by atoms with Gasteiger partial charge in [0, 0.05) is 12.1 Å². The number of hydrogen-bond donors (Lipinski definition) is 0. The van der Waals surface area contributed by atoms with Gasteiger partial charge in [-0.3, -0.25) is 14.2 Å². The third-order valence-electron chi connectivity index (χ3n) is 4.97. The predicted octanol–water partition coefficient (Wildman–Crippen LogP) is 2.70. The molecule has 0 N–H and O–H groups in total. The zero-order chi connectivity index (χ0) is 22.8. The van der Waals surface area contributed by atoms with E-state index in [9.17, 15) is 14.7 Å². The van der Waals surface area contributed by atoms with Crippen molar-refractivity contribution in [2.45, 2.75) is 5.16 Å². The molecule has 5 rings (SSSR count). The fourth-order valence-electron chi connectivity index (χ4n) is 3.44. The minimum Gasteiger partial charge on any atom is -0.539 e. The van der Waals surface area contributed by atoms with Crippen molar-refractivity contribution in [3.63, 3.8) is 0 Å². The second-order valence-corrected chi connectivity index (χ2v) is 8.00. The molecule has 0 aliphatic heterocycles. The van der Waals surface area contributed by atoms with E-state index in [2.05, 4.69) is 10.3 Å². The first-order valence-electron chi connectivity index (χ1n) is 10.0. The van der Waals surface area contributed by atoms with E-state index in [0.717, 1.165) is 11.8 Å². The van der Waals surface area contributed by atoms with Gasteiger partial charge in [-0.25, -0.2) is 4.98 Å². The number of carbonyl (C=O) groups excluding carboxylic acids is 1. The Morgan fingerprint density at radius 2 is 1.64 bits per heavy atom. The van der Waals surface area contributed by atoms with Crippen molar-refractivity contribution in [3.05, 3.63) is 101 Å². The van der Waals surface area contributed by atoms with Gasteiger partial charge in [0.05, 0.1) is 27.6 Å². The second-order valence-electron chi connectivity index (χ2n) is 7.06.